The molecule has 0 saturated carbocycles. The van der Waals surface area contributed by atoms with Gasteiger partial charge >= 0.3 is 0 Å². The van der Waals surface area contributed by atoms with Crippen molar-refractivity contribution in [2.75, 3.05) is 12.4 Å². The van der Waals surface area contributed by atoms with Crippen LogP contribution in [0.2, 0.25) is 0 Å². The van der Waals surface area contributed by atoms with Gasteiger partial charge in [0.05, 0.1) is 13.2 Å². The van der Waals surface area contributed by atoms with Crippen LogP contribution in [0.5, 0.6) is 5.75 Å². The first kappa shape index (κ1) is 15.8. The summed E-state index contributed by atoms with van der Waals surface area (Å²) in [4.78, 5) is 0. The normalized spacial score (nSPS) is 11.6. The third-order valence-corrected chi connectivity index (χ3v) is 3.79. The molecule has 0 aliphatic carbocycles. The van der Waals surface area contributed by atoms with Crippen molar-refractivity contribution in [1.29, 1.82) is 0 Å². The smallest absolute Gasteiger partial charge is 0.171 e. The molecular weight excluding hydrogens is 348 g/mol. The number of halogens is 1. The molecule has 2 N–H and O–H groups in total. The topological polar surface area (TPSA) is 33.3 Å². The van der Waals surface area contributed by atoms with Crippen molar-refractivity contribution in [3.63, 3.8) is 0 Å². The average molecular weight is 365 g/mol. The van der Waals surface area contributed by atoms with Gasteiger partial charge in [0.25, 0.3) is 0 Å². The summed E-state index contributed by atoms with van der Waals surface area (Å²) < 4.78 is 6.26. The van der Waals surface area contributed by atoms with E-state index in [9.17, 15) is 0 Å². The Balaban J connectivity index is 1.96. The highest BCUT2D eigenvalue weighted by molar-refractivity contribution is 9.10. The van der Waals surface area contributed by atoms with Crippen LogP contribution in [0, 0.1) is 0 Å². The van der Waals surface area contributed by atoms with Crippen LogP contribution in [0.3, 0.4) is 0 Å². The van der Waals surface area contributed by atoms with Gasteiger partial charge in [-0.3, -0.25) is 0 Å². The molecule has 2 aromatic carbocycles. The molecule has 110 valence electrons. The molecule has 1 atom stereocenters. The standard InChI is InChI=1S/C16H17BrN2OS/c1-11(12-6-8-13(17)9-7-12)18-16(21)19-14-4-3-5-15(10-14)20-2/h3-11H,1-2H3,(H2,18,19,21)/t11-/m0/s1. The summed E-state index contributed by atoms with van der Waals surface area (Å²) in [6.45, 7) is 2.07. The molecule has 0 bridgehead atoms. The quantitative estimate of drug-likeness (QED) is 0.782. The second kappa shape index (κ2) is 7.43. The van der Waals surface area contributed by atoms with Gasteiger partial charge in [-0.15, -0.1) is 0 Å². The number of hydrogen-bond acceptors (Lipinski definition) is 2. The van der Waals surface area contributed by atoms with Crippen LogP contribution in [0.15, 0.2) is 53.0 Å². The number of ether oxygens (including phenoxy) is 1. The molecule has 5 heteroatoms. The fourth-order valence-corrected chi connectivity index (χ4v) is 2.46. The number of anilines is 1. The van der Waals surface area contributed by atoms with Crippen molar-refractivity contribution in [2.45, 2.75) is 13.0 Å². The maximum absolute atomic E-state index is 5.35. The van der Waals surface area contributed by atoms with Crippen molar-refractivity contribution >= 4 is 38.9 Å². The van der Waals surface area contributed by atoms with Gasteiger partial charge in [-0.2, -0.15) is 0 Å². The van der Waals surface area contributed by atoms with Crippen molar-refractivity contribution < 1.29 is 4.74 Å². The SMILES string of the molecule is COc1cccc(NC(=S)N[C@@H](C)c2ccc(Br)cc2)c1. The Morgan fingerprint density at radius 1 is 1.19 bits per heavy atom. The van der Waals surface area contributed by atoms with Crippen LogP contribution in [0.1, 0.15) is 18.5 Å². The van der Waals surface area contributed by atoms with E-state index in [4.69, 9.17) is 17.0 Å². The Morgan fingerprint density at radius 2 is 1.90 bits per heavy atom. The largest absolute Gasteiger partial charge is 0.497 e. The molecule has 0 aromatic heterocycles. The lowest BCUT2D eigenvalue weighted by Crippen LogP contribution is -2.30. The van der Waals surface area contributed by atoms with Crippen LogP contribution in [0.4, 0.5) is 5.69 Å². The van der Waals surface area contributed by atoms with Gasteiger partial charge in [-0.25, -0.2) is 0 Å². The predicted octanol–water partition coefficient (Wildman–Crippen LogP) is 4.51. The minimum absolute atomic E-state index is 0.128. The lowest BCUT2D eigenvalue weighted by molar-refractivity contribution is 0.415. The first-order valence-corrected chi connectivity index (χ1v) is 7.75. The summed E-state index contributed by atoms with van der Waals surface area (Å²) in [5.74, 6) is 0.795. The predicted molar refractivity (Wildman–Crippen MR) is 94.9 cm³/mol. The minimum atomic E-state index is 0.128. The van der Waals surface area contributed by atoms with Crippen molar-refractivity contribution in [1.82, 2.24) is 5.32 Å². The monoisotopic (exact) mass is 364 g/mol. The number of methoxy groups -OCH3 is 1. The zero-order chi connectivity index (χ0) is 15.2. The third kappa shape index (κ3) is 4.72. The molecule has 0 unspecified atom stereocenters. The first-order chi connectivity index (χ1) is 10.1. The zero-order valence-corrected chi connectivity index (χ0v) is 14.3. The van der Waals surface area contributed by atoms with Crippen LogP contribution in [0.25, 0.3) is 0 Å². The Hall–Kier alpha value is -1.59. The van der Waals surface area contributed by atoms with E-state index in [1.54, 1.807) is 7.11 Å². The van der Waals surface area contributed by atoms with Gasteiger partial charge < -0.3 is 15.4 Å². The molecule has 2 rings (SSSR count). The molecule has 21 heavy (non-hydrogen) atoms. The number of hydrogen-bond donors (Lipinski definition) is 2. The van der Waals surface area contributed by atoms with Crippen LogP contribution < -0.4 is 15.4 Å². The fraction of sp³-hybridized carbons (Fsp3) is 0.188. The summed E-state index contributed by atoms with van der Waals surface area (Å²) in [5, 5.41) is 7.01. The van der Waals surface area contributed by atoms with Gasteiger partial charge in [0.2, 0.25) is 0 Å². The van der Waals surface area contributed by atoms with Gasteiger partial charge in [-0.1, -0.05) is 34.1 Å². The van der Waals surface area contributed by atoms with E-state index < -0.39 is 0 Å². The molecule has 2 aromatic rings. The van der Waals surface area contributed by atoms with E-state index in [1.807, 2.05) is 36.4 Å². The highest BCUT2D eigenvalue weighted by Gasteiger charge is 2.07. The van der Waals surface area contributed by atoms with Crippen molar-refractivity contribution in [3.05, 3.63) is 58.6 Å². The summed E-state index contributed by atoms with van der Waals surface area (Å²) in [6, 6.07) is 16.0. The Labute approximate surface area is 138 Å². The van der Waals surface area contributed by atoms with Crippen molar-refractivity contribution in [2.24, 2.45) is 0 Å². The van der Waals surface area contributed by atoms with E-state index >= 15 is 0 Å². The van der Waals surface area contributed by atoms with E-state index in [0.717, 1.165) is 15.9 Å². The molecule has 0 heterocycles. The number of nitrogens with one attached hydrogen (secondary N) is 2. The number of rotatable bonds is 4. The second-order valence-corrected chi connectivity index (χ2v) is 5.93. The first-order valence-electron chi connectivity index (χ1n) is 6.55. The molecule has 0 fully saturated rings. The highest BCUT2D eigenvalue weighted by Crippen LogP contribution is 2.18. The average Bonchev–Trinajstić information content (AvgIpc) is 2.47. The molecule has 0 saturated heterocycles. The van der Waals surface area contributed by atoms with E-state index in [1.165, 1.54) is 5.56 Å². The van der Waals surface area contributed by atoms with Crippen LogP contribution >= 0.6 is 28.1 Å². The van der Waals surface area contributed by atoms with Gasteiger partial charge in [0.1, 0.15) is 5.75 Å². The lowest BCUT2D eigenvalue weighted by atomic mass is 10.1. The second-order valence-electron chi connectivity index (χ2n) is 4.60. The fourth-order valence-electron chi connectivity index (χ4n) is 1.90. The van der Waals surface area contributed by atoms with Gasteiger partial charge in [-0.05, 0) is 49.0 Å². The Kier molecular flexibility index (Phi) is 5.59. The summed E-state index contributed by atoms with van der Waals surface area (Å²) >= 11 is 8.78. The molecule has 0 amide bonds. The third-order valence-electron chi connectivity index (χ3n) is 3.05. The zero-order valence-electron chi connectivity index (χ0n) is 11.9. The highest BCUT2D eigenvalue weighted by atomic mass is 79.9. The van der Waals surface area contributed by atoms with E-state index in [2.05, 4.69) is 45.6 Å². The minimum Gasteiger partial charge on any atom is -0.497 e. The maximum Gasteiger partial charge on any atom is 0.171 e. The molecule has 0 spiro atoms. The Morgan fingerprint density at radius 3 is 2.57 bits per heavy atom. The summed E-state index contributed by atoms with van der Waals surface area (Å²) in [5.41, 5.74) is 2.07. The Bertz CT molecular complexity index is 616. The molecule has 0 aliphatic rings. The van der Waals surface area contributed by atoms with Crippen LogP contribution in [-0.2, 0) is 0 Å². The molecule has 0 radical (unpaired) electrons. The van der Waals surface area contributed by atoms with E-state index in [0.29, 0.717) is 5.11 Å². The lowest BCUT2D eigenvalue weighted by Gasteiger charge is -2.17. The summed E-state index contributed by atoms with van der Waals surface area (Å²) in [6.07, 6.45) is 0. The number of benzene rings is 2. The number of thiocarbonyl (C=S) groups is 1. The molecule has 0 aliphatic heterocycles. The molecular formula is C16H17BrN2OS. The van der Waals surface area contributed by atoms with Gasteiger partial charge in [0.15, 0.2) is 5.11 Å². The van der Waals surface area contributed by atoms with Gasteiger partial charge in [0, 0.05) is 16.2 Å². The molecule has 3 nitrogen and oxygen atoms in total. The maximum atomic E-state index is 5.35. The summed E-state index contributed by atoms with van der Waals surface area (Å²) in [7, 11) is 1.64. The van der Waals surface area contributed by atoms with Crippen molar-refractivity contribution in [3.8, 4) is 5.75 Å². The van der Waals surface area contributed by atoms with Crippen LogP contribution in [-0.4, -0.2) is 12.2 Å². The van der Waals surface area contributed by atoms with E-state index in [-0.39, 0.29) is 6.04 Å².